The maximum atomic E-state index is 11.9. The summed E-state index contributed by atoms with van der Waals surface area (Å²) in [5.41, 5.74) is -0.390. The Morgan fingerprint density at radius 3 is 2.52 bits per heavy atom. The van der Waals surface area contributed by atoms with Crippen molar-refractivity contribution in [2.45, 2.75) is 83.3 Å². The Labute approximate surface area is 151 Å². The predicted molar refractivity (Wildman–Crippen MR) is 97.9 cm³/mol. The van der Waals surface area contributed by atoms with Gasteiger partial charge in [-0.2, -0.15) is 0 Å². The lowest BCUT2D eigenvalue weighted by Crippen LogP contribution is -2.62. The van der Waals surface area contributed by atoms with Gasteiger partial charge in [0.05, 0.1) is 11.7 Å². The first-order valence-corrected chi connectivity index (χ1v) is 10.4. The van der Waals surface area contributed by atoms with E-state index in [9.17, 15) is 15.0 Å². The summed E-state index contributed by atoms with van der Waals surface area (Å²) in [7, 11) is 0. The van der Waals surface area contributed by atoms with Crippen molar-refractivity contribution in [2.24, 2.45) is 34.5 Å². The van der Waals surface area contributed by atoms with Crippen molar-refractivity contribution >= 4 is 6.29 Å². The van der Waals surface area contributed by atoms with E-state index in [1.165, 1.54) is 6.42 Å². The molecule has 4 aliphatic rings. The van der Waals surface area contributed by atoms with Crippen LogP contribution in [0.25, 0.3) is 0 Å². The van der Waals surface area contributed by atoms with Crippen molar-refractivity contribution in [3.8, 4) is 0 Å². The Bertz CT molecular complexity index is 572. The highest BCUT2D eigenvalue weighted by molar-refractivity contribution is 5.64. The number of hydrogen-bond donors (Lipinski definition) is 2. The van der Waals surface area contributed by atoms with Crippen LogP contribution in [0.1, 0.15) is 71.6 Å². The molecule has 25 heavy (non-hydrogen) atoms. The van der Waals surface area contributed by atoms with Crippen LogP contribution in [0.15, 0.2) is 12.2 Å². The average Bonchev–Trinajstić information content (AvgIpc) is 2.85. The number of allylic oxidation sites excluding steroid dienone is 2. The van der Waals surface area contributed by atoms with Crippen molar-refractivity contribution in [3.05, 3.63) is 12.2 Å². The van der Waals surface area contributed by atoms with Crippen LogP contribution in [0, 0.1) is 34.5 Å². The standard InChI is InChI=1S/C22H34O3/c1-20-10-8-17(24)14-16(20)5-6-19-18(20)9-11-21(2)15(4-3-13-23)7-12-22(19,21)25/h3-4,13,15-19,24-25H,5-12,14H2,1-2H3/b4-3+/t15-,16?,17?,18-,19+,20-,21+,22+/m0/s1. The molecule has 4 saturated carbocycles. The molecular formula is C22H34O3. The van der Waals surface area contributed by atoms with Crippen LogP contribution in [0.2, 0.25) is 0 Å². The van der Waals surface area contributed by atoms with E-state index in [1.807, 2.05) is 0 Å². The number of carbonyl (C=O) groups is 1. The lowest BCUT2D eigenvalue weighted by atomic mass is 9.43. The molecule has 0 aliphatic heterocycles. The maximum absolute atomic E-state index is 11.9. The second-order valence-electron chi connectivity index (χ2n) is 9.97. The maximum Gasteiger partial charge on any atom is 0.142 e. The number of hydrogen-bond acceptors (Lipinski definition) is 3. The Morgan fingerprint density at radius 1 is 0.960 bits per heavy atom. The molecule has 4 fully saturated rings. The fourth-order valence-electron chi connectivity index (χ4n) is 7.73. The minimum Gasteiger partial charge on any atom is -0.393 e. The van der Waals surface area contributed by atoms with Gasteiger partial charge in [0, 0.05) is 5.41 Å². The molecule has 0 aromatic heterocycles. The van der Waals surface area contributed by atoms with E-state index in [0.717, 1.165) is 57.7 Å². The van der Waals surface area contributed by atoms with Crippen LogP contribution in [0.5, 0.6) is 0 Å². The summed E-state index contributed by atoms with van der Waals surface area (Å²) in [5.74, 6) is 1.92. The number of aldehydes is 1. The number of carbonyl (C=O) groups excluding carboxylic acids is 1. The molecule has 0 heterocycles. The first-order chi connectivity index (χ1) is 11.8. The molecule has 3 heteroatoms. The fourth-order valence-corrected chi connectivity index (χ4v) is 7.73. The van der Waals surface area contributed by atoms with Crippen LogP contribution in [-0.2, 0) is 4.79 Å². The number of rotatable bonds is 2. The Balaban J connectivity index is 1.65. The van der Waals surface area contributed by atoms with Crippen LogP contribution >= 0.6 is 0 Å². The lowest BCUT2D eigenvalue weighted by molar-refractivity contribution is -0.207. The third-order valence-corrected chi connectivity index (χ3v) is 9.32. The van der Waals surface area contributed by atoms with E-state index < -0.39 is 5.60 Å². The van der Waals surface area contributed by atoms with Gasteiger partial charge in [-0.1, -0.05) is 19.9 Å². The van der Waals surface area contributed by atoms with Gasteiger partial charge < -0.3 is 10.2 Å². The number of aliphatic hydroxyl groups excluding tert-OH is 1. The Morgan fingerprint density at radius 2 is 1.76 bits per heavy atom. The van der Waals surface area contributed by atoms with Gasteiger partial charge in [0.15, 0.2) is 0 Å². The smallest absolute Gasteiger partial charge is 0.142 e. The summed E-state index contributed by atoms with van der Waals surface area (Å²) in [6, 6.07) is 0. The molecule has 4 rings (SSSR count). The molecule has 0 aromatic rings. The highest BCUT2D eigenvalue weighted by Crippen LogP contribution is 2.69. The molecule has 140 valence electrons. The molecule has 0 saturated heterocycles. The normalized spacial score (nSPS) is 55.4. The Hall–Kier alpha value is -0.670. The van der Waals surface area contributed by atoms with E-state index in [4.69, 9.17) is 0 Å². The van der Waals surface area contributed by atoms with Gasteiger partial charge in [-0.25, -0.2) is 0 Å². The third kappa shape index (κ3) is 2.34. The molecule has 4 aliphatic carbocycles. The predicted octanol–water partition coefficient (Wildman–Crippen LogP) is 3.88. The average molecular weight is 347 g/mol. The van der Waals surface area contributed by atoms with Gasteiger partial charge in [-0.3, -0.25) is 4.79 Å². The zero-order valence-corrected chi connectivity index (χ0v) is 15.8. The summed E-state index contributed by atoms with van der Waals surface area (Å²) in [5, 5.41) is 22.1. The summed E-state index contributed by atoms with van der Waals surface area (Å²) in [4.78, 5) is 10.8. The zero-order chi connectivity index (χ0) is 17.9. The van der Waals surface area contributed by atoms with Crippen LogP contribution in [0.3, 0.4) is 0 Å². The summed E-state index contributed by atoms with van der Waals surface area (Å²) >= 11 is 0. The molecule has 0 bridgehead atoms. The van der Waals surface area contributed by atoms with E-state index in [1.54, 1.807) is 6.08 Å². The van der Waals surface area contributed by atoms with E-state index in [0.29, 0.717) is 23.7 Å². The summed E-state index contributed by atoms with van der Waals surface area (Å²) in [6.07, 6.45) is 13.8. The van der Waals surface area contributed by atoms with Crippen LogP contribution in [-0.4, -0.2) is 28.2 Å². The van der Waals surface area contributed by atoms with Crippen molar-refractivity contribution in [3.63, 3.8) is 0 Å². The second-order valence-corrected chi connectivity index (χ2v) is 9.97. The second kappa shape index (κ2) is 5.92. The van der Waals surface area contributed by atoms with E-state index in [2.05, 4.69) is 19.9 Å². The third-order valence-electron chi connectivity index (χ3n) is 9.32. The molecule has 0 amide bonds. The van der Waals surface area contributed by atoms with Crippen LogP contribution < -0.4 is 0 Å². The highest BCUT2D eigenvalue weighted by Gasteiger charge is 2.66. The van der Waals surface area contributed by atoms with Gasteiger partial charge in [0.25, 0.3) is 0 Å². The van der Waals surface area contributed by atoms with Crippen LogP contribution in [0.4, 0.5) is 0 Å². The molecular weight excluding hydrogens is 312 g/mol. The molecule has 0 aromatic carbocycles. The largest absolute Gasteiger partial charge is 0.393 e. The quantitative estimate of drug-likeness (QED) is 0.589. The van der Waals surface area contributed by atoms with Gasteiger partial charge in [0.2, 0.25) is 0 Å². The minimum atomic E-state index is -0.585. The molecule has 0 radical (unpaired) electrons. The first kappa shape index (κ1) is 17.7. The number of fused-ring (bicyclic) bond motifs is 5. The van der Waals surface area contributed by atoms with Gasteiger partial charge in [0.1, 0.15) is 6.29 Å². The van der Waals surface area contributed by atoms with Gasteiger partial charge in [-0.05, 0) is 93.0 Å². The number of aliphatic hydroxyl groups is 2. The molecule has 0 spiro atoms. The fraction of sp³-hybridized carbons (Fsp3) is 0.864. The SMILES string of the molecule is C[C@]12CCC(O)CC1CC[C@@H]1[C@@H]2CC[C@]2(C)[C@@H](/C=C/C=O)CC[C@@]12O. The summed E-state index contributed by atoms with van der Waals surface area (Å²) < 4.78 is 0. The van der Waals surface area contributed by atoms with Crippen molar-refractivity contribution in [2.75, 3.05) is 0 Å². The monoisotopic (exact) mass is 346 g/mol. The Kier molecular flexibility index (Phi) is 4.20. The molecule has 2 unspecified atom stereocenters. The van der Waals surface area contributed by atoms with E-state index in [-0.39, 0.29) is 16.9 Å². The zero-order valence-electron chi connectivity index (χ0n) is 15.8. The molecule has 8 atom stereocenters. The van der Waals surface area contributed by atoms with Crippen molar-refractivity contribution in [1.82, 2.24) is 0 Å². The van der Waals surface area contributed by atoms with Gasteiger partial charge >= 0.3 is 0 Å². The van der Waals surface area contributed by atoms with Crippen molar-refractivity contribution in [1.29, 1.82) is 0 Å². The van der Waals surface area contributed by atoms with Crippen molar-refractivity contribution < 1.29 is 15.0 Å². The van der Waals surface area contributed by atoms with Gasteiger partial charge in [-0.15, -0.1) is 0 Å². The topological polar surface area (TPSA) is 57.5 Å². The molecule has 2 N–H and O–H groups in total. The molecule has 3 nitrogen and oxygen atoms in total. The highest BCUT2D eigenvalue weighted by atomic mass is 16.3. The minimum absolute atomic E-state index is 0.0922. The summed E-state index contributed by atoms with van der Waals surface area (Å²) in [6.45, 7) is 4.72. The first-order valence-electron chi connectivity index (χ1n) is 10.4. The van der Waals surface area contributed by atoms with E-state index >= 15 is 0 Å². The lowest BCUT2D eigenvalue weighted by Gasteiger charge is -2.63.